The smallest absolute Gasteiger partial charge is 0.337 e. The van der Waals surface area contributed by atoms with Crippen LogP contribution in [0, 0.1) is 0 Å². The summed E-state index contributed by atoms with van der Waals surface area (Å²) in [5.74, 6) is 1.17. The lowest BCUT2D eigenvalue weighted by atomic mass is 9.82. The predicted molar refractivity (Wildman–Crippen MR) is 151 cm³/mol. The number of anilines is 4. The first-order chi connectivity index (χ1) is 18.7. The van der Waals surface area contributed by atoms with Gasteiger partial charge in [-0.25, -0.2) is 4.79 Å². The number of carbonyl (C=O) groups excluding carboxylic acids is 1. The van der Waals surface area contributed by atoms with Crippen LogP contribution in [0.4, 0.5) is 22.7 Å². The Labute approximate surface area is 221 Å². The van der Waals surface area contributed by atoms with Gasteiger partial charge in [0, 0.05) is 51.9 Å². The van der Waals surface area contributed by atoms with Crippen molar-refractivity contribution in [2.75, 3.05) is 17.7 Å². The van der Waals surface area contributed by atoms with E-state index in [2.05, 4.69) is 34.9 Å². The summed E-state index contributed by atoms with van der Waals surface area (Å²) in [6.07, 6.45) is 0. The summed E-state index contributed by atoms with van der Waals surface area (Å²) in [6.45, 7) is 0. The summed E-state index contributed by atoms with van der Waals surface area (Å²) in [5.41, 5.74) is 7.61. The first-order valence-corrected chi connectivity index (χ1v) is 12.5. The molecule has 6 rings (SSSR count). The molecular weight excluding hydrogens is 472 g/mol. The lowest BCUT2D eigenvalue weighted by molar-refractivity contribution is 0.0600. The van der Waals surface area contributed by atoms with E-state index in [9.17, 15) is 4.79 Å². The largest absolute Gasteiger partial charge is 0.465 e. The number of ether oxygens (including phenoxy) is 2. The first-order valence-electron chi connectivity index (χ1n) is 12.5. The molecule has 5 aromatic carbocycles. The normalized spacial score (nSPS) is 12.0. The van der Waals surface area contributed by atoms with Crippen LogP contribution >= 0.6 is 0 Å². The van der Waals surface area contributed by atoms with Gasteiger partial charge in [0.1, 0.15) is 11.5 Å². The highest BCUT2D eigenvalue weighted by atomic mass is 16.5. The Balaban J connectivity index is 1.40. The Morgan fingerprint density at radius 1 is 0.632 bits per heavy atom. The standard InChI is InChI=1S/C33H26N2O3/c1-37-33(36)23-14-12-22(13-15-23)32-28-18-16-26(34-24-8-4-2-5-9-24)20-30(28)38-31-21-27(17-19-29(31)32)35-25-10-6-3-7-11-25/h2-21,32,34-35H,1H3. The van der Waals surface area contributed by atoms with Crippen LogP contribution in [-0.2, 0) is 4.74 Å². The van der Waals surface area contributed by atoms with Crippen LogP contribution in [0.5, 0.6) is 11.5 Å². The zero-order valence-corrected chi connectivity index (χ0v) is 20.8. The molecule has 0 saturated carbocycles. The zero-order chi connectivity index (χ0) is 25.9. The average molecular weight is 499 g/mol. The topological polar surface area (TPSA) is 59.6 Å². The molecule has 0 amide bonds. The fourth-order valence-corrected chi connectivity index (χ4v) is 4.83. The van der Waals surface area contributed by atoms with E-state index in [-0.39, 0.29) is 11.9 Å². The second kappa shape index (κ2) is 10.1. The summed E-state index contributed by atoms with van der Waals surface area (Å²) in [4.78, 5) is 12.0. The molecule has 0 atom stereocenters. The number of benzene rings is 5. The van der Waals surface area contributed by atoms with Crippen LogP contribution in [0.25, 0.3) is 0 Å². The Bertz CT molecular complexity index is 1490. The Hall–Kier alpha value is -5.03. The second-order valence-corrected chi connectivity index (χ2v) is 9.14. The van der Waals surface area contributed by atoms with Crippen LogP contribution in [-0.4, -0.2) is 13.1 Å². The highest BCUT2D eigenvalue weighted by Crippen LogP contribution is 2.49. The maximum absolute atomic E-state index is 12.0. The van der Waals surface area contributed by atoms with Crippen molar-refractivity contribution in [1.29, 1.82) is 0 Å². The Kier molecular flexibility index (Phi) is 6.24. The number of methoxy groups -OCH3 is 1. The van der Waals surface area contributed by atoms with Gasteiger partial charge in [0.05, 0.1) is 12.7 Å². The highest BCUT2D eigenvalue weighted by molar-refractivity contribution is 5.89. The maximum atomic E-state index is 12.0. The number of rotatable bonds is 6. The monoisotopic (exact) mass is 498 g/mol. The van der Waals surface area contributed by atoms with Crippen LogP contribution in [0.2, 0.25) is 0 Å². The van der Waals surface area contributed by atoms with Crippen molar-refractivity contribution in [3.05, 3.63) is 144 Å². The van der Waals surface area contributed by atoms with Crippen molar-refractivity contribution in [1.82, 2.24) is 0 Å². The molecule has 0 radical (unpaired) electrons. The van der Waals surface area contributed by atoms with Crippen molar-refractivity contribution in [2.24, 2.45) is 0 Å². The lowest BCUT2D eigenvalue weighted by Crippen LogP contribution is -2.12. The summed E-state index contributed by atoms with van der Waals surface area (Å²) in [6, 6.07) is 40.2. The summed E-state index contributed by atoms with van der Waals surface area (Å²) < 4.78 is 11.4. The van der Waals surface area contributed by atoms with E-state index < -0.39 is 0 Å². The quantitative estimate of drug-likeness (QED) is 0.226. The molecule has 5 aromatic rings. The van der Waals surface area contributed by atoms with E-state index in [0.29, 0.717) is 5.56 Å². The Morgan fingerprint density at radius 3 is 1.61 bits per heavy atom. The SMILES string of the molecule is COC(=O)c1ccc(C2c3ccc(Nc4ccccc4)cc3Oc3cc(Nc4ccccc4)ccc32)cc1. The maximum Gasteiger partial charge on any atom is 0.337 e. The van der Waals surface area contributed by atoms with Gasteiger partial charge in [0.25, 0.3) is 0 Å². The molecule has 186 valence electrons. The van der Waals surface area contributed by atoms with Gasteiger partial charge in [-0.3, -0.25) is 0 Å². The fraction of sp³-hybridized carbons (Fsp3) is 0.0606. The molecule has 0 saturated heterocycles. The summed E-state index contributed by atoms with van der Waals surface area (Å²) in [7, 11) is 1.39. The van der Waals surface area contributed by atoms with E-state index in [0.717, 1.165) is 50.9 Å². The van der Waals surface area contributed by atoms with Gasteiger partial charge in [-0.15, -0.1) is 0 Å². The molecule has 0 spiro atoms. The molecule has 1 aliphatic rings. The van der Waals surface area contributed by atoms with Crippen molar-refractivity contribution in [3.8, 4) is 11.5 Å². The molecule has 1 heterocycles. The van der Waals surface area contributed by atoms with Gasteiger partial charge >= 0.3 is 5.97 Å². The van der Waals surface area contributed by atoms with E-state index in [1.165, 1.54) is 7.11 Å². The van der Waals surface area contributed by atoms with Gasteiger partial charge in [-0.2, -0.15) is 0 Å². The number of esters is 1. The van der Waals surface area contributed by atoms with E-state index in [4.69, 9.17) is 9.47 Å². The first kappa shape index (κ1) is 23.4. The predicted octanol–water partition coefficient (Wildman–Crippen LogP) is 8.25. The molecule has 38 heavy (non-hydrogen) atoms. The van der Waals surface area contributed by atoms with Crippen LogP contribution in [0.15, 0.2) is 121 Å². The molecule has 0 bridgehead atoms. The highest BCUT2D eigenvalue weighted by Gasteiger charge is 2.29. The third-order valence-electron chi connectivity index (χ3n) is 6.66. The van der Waals surface area contributed by atoms with Crippen molar-refractivity contribution < 1.29 is 14.3 Å². The molecule has 1 aliphatic heterocycles. The number of carbonyl (C=O) groups is 1. The van der Waals surface area contributed by atoms with E-state index in [1.54, 1.807) is 0 Å². The second-order valence-electron chi connectivity index (χ2n) is 9.14. The minimum atomic E-state index is -0.349. The molecule has 0 aromatic heterocycles. The van der Waals surface area contributed by atoms with Crippen LogP contribution in [0.1, 0.15) is 33.0 Å². The Morgan fingerprint density at radius 2 is 1.13 bits per heavy atom. The third kappa shape index (κ3) is 4.70. The molecule has 2 N–H and O–H groups in total. The van der Waals surface area contributed by atoms with Crippen LogP contribution < -0.4 is 15.4 Å². The lowest BCUT2D eigenvalue weighted by Gasteiger charge is -2.30. The molecule has 5 nitrogen and oxygen atoms in total. The van der Waals surface area contributed by atoms with E-state index >= 15 is 0 Å². The summed E-state index contributed by atoms with van der Waals surface area (Å²) in [5, 5.41) is 6.92. The third-order valence-corrected chi connectivity index (χ3v) is 6.66. The van der Waals surface area contributed by atoms with Crippen LogP contribution in [0.3, 0.4) is 0 Å². The number of para-hydroxylation sites is 2. The molecule has 0 aliphatic carbocycles. The van der Waals surface area contributed by atoms with Gasteiger partial charge < -0.3 is 20.1 Å². The fourth-order valence-electron chi connectivity index (χ4n) is 4.83. The number of fused-ring (bicyclic) bond motifs is 2. The number of hydrogen-bond acceptors (Lipinski definition) is 5. The van der Waals surface area contributed by atoms with E-state index in [1.807, 2.05) is 97.1 Å². The van der Waals surface area contributed by atoms with Gasteiger partial charge in [0.15, 0.2) is 0 Å². The molecule has 5 heteroatoms. The summed E-state index contributed by atoms with van der Waals surface area (Å²) >= 11 is 0. The van der Waals surface area contributed by atoms with Crippen molar-refractivity contribution in [3.63, 3.8) is 0 Å². The zero-order valence-electron chi connectivity index (χ0n) is 20.8. The van der Waals surface area contributed by atoms with Gasteiger partial charge in [-0.1, -0.05) is 60.7 Å². The molecular formula is C33H26N2O3. The average Bonchev–Trinajstić information content (AvgIpc) is 2.96. The van der Waals surface area contributed by atoms with Gasteiger partial charge in [-0.05, 0) is 54.1 Å². The van der Waals surface area contributed by atoms with Crippen molar-refractivity contribution >= 4 is 28.7 Å². The van der Waals surface area contributed by atoms with Gasteiger partial charge in [0.2, 0.25) is 0 Å². The molecule has 0 fully saturated rings. The number of nitrogens with one attached hydrogen (secondary N) is 2. The molecule has 0 unspecified atom stereocenters. The van der Waals surface area contributed by atoms with Crippen molar-refractivity contribution in [2.45, 2.75) is 5.92 Å². The minimum absolute atomic E-state index is 0.0583. The number of hydrogen-bond donors (Lipinski definition) is 2. The minimum Gasteiger partial charge on any atom is -0.465 e.